The first kappa shape index (κ1) is 27.1. The Morgan fingerprint density at radius 1 is 1.11 bits per heavy atom. The summed E-state index contributed by atoms with van der Waals surface area (Å²) in [6.45, 7) is 2.28. The standard InChI is InChI=1S/C24H17Br2ClF3N5O2/c1-2-7-32-22(36)15-10-12-9-13(25)5-6-14(12)19(26)20(15)33-23(37)17-11-18(24(28,29)30)34-35(17)21-16(27)4-3-8-31-21/h3-6,8-11H,2,7H2,1H3,(H,32,36)(H,33,37). The number of nitrogens with one attached hydrogen (secondary N) is 2. The number of hydrogen-bond acceptors (Lipinski definition) is 4. The minimum Gasteiger partial charge on any atom is -0.352 e. The molecule has 7 nitrogen and oxygen atoms in total. The smallest absolute Gasteiger partial charge is 0.352 e. The number of anilines is 1. The third kappa shape index (κ3) is 5.65. The van der Waals surface area contributed by atoms with E-state index < -0.39 is 29.4 Å². The van der Waals surface area contributed by atoms with Gasteiger partial charge in [0.05, 0.1) is 16.3 Å². The van der Waals surface area contributed by atoms with Crippen LogP contribution < -0.4 is 10.6 Å². The van der Waals surface area contributed by atoms with Crippen LogP contribution in [0.2, 0.25) is 5.02 Å². The fourth-order valence-corrected chi connectivity index (χ4v) is 4.78. The van der Waals surface area contributed by atoms with Crippen molar-refractivity contribution in [3.05, 3.63) is 79.6 Å². The Morgan fingerprint density at radius 2 is 1.86 bits per heavy atom. The van der Waals surface area contributed by atoms with Crippen LogP contribution in [0.1, 0.15) is 39.9 Å². The van der Waals surface area contributed by atoms with Crippen molar-refractivity contribution in [1.82, 2.24) is 20.1 Å². The van der Waals surface area contributed by atoms with Gasteiger partial charge in [-0.2, -0.15) is 18.3 Å². The molecule has 0 unspecified atom stereocenters. The highest BCUT2D eigenvalue weighted by atomic mass is 79.9. The second-order valence-corrected chi connectivity index (χ2v) is 9.94. The minimum atomic E-state index is -4.83. The average molecular weight is 660 g/mol. The van der Waals surface area contributed by atoms with Gasteiger partial charge in [0.1, 0.15) is 5.69 Å². The summed E-state index contributed by atoms with van der Waals surface area (Å²) in [5, 5.41) is 10.3. The lowest BCUT2D eigenvalue weighted by Crippen LogP contribution is -2.26. The number of rotatable bonds is 6. The van der Waals surface area contributed by atoms with Gasteiger partial charge in [-0.15, -0.1) is 0 Å². The monoisotopic (exact) mass is 657 g/mol. The van der Waals surface area contributed by atoms with Crippen molar-refractivity contribution in [2.45, 2.75) is 19.5 Å². The summed E-state index contributed by atoms with van der Waals surface area (Å²) in [6.07, 6.45) is -2.84. The molecule has 0 saturated carbocycles. The van der Waals surface area contributed by atoms with Crippen molar-refractivity contribution < 1.29 is 22.8 Å². The zero-order valence-corrected chi connectivity index (χ0v) is 22.9. The summed E-state index contributed by atoms with van der Waals surface area (Å²) in [7, 11) is 0. The van der Waals surface area contributed by atoms with Gasteiger partial charge in [0.25, 0.3) is 11.8 Å². The van der Waals surface area contributed by atoms with Gasteiger partial charge in [-0.05, 0) is 63.5 Å². The number of hydrogen-bond donors (Lipinski definition) is 2. The predicted molar refractivity (Wildman–Crippen MR) is 141 cm³/mol. The molecule has 2 heterocycles. The van der Waals surface area contributed by atoms with E-state index >= 15 is 0 Å². The van der Waals surface area contributed by atoms with E-state index in [2.05, 4.69) is 52.6 Å². The number of alkyl halides is 3. The van der Waals surface area contributed by atoms with E-state index in [1.165, 1.54) is 18.3 Å². The van der Waals surface area contributed by atoms with E-state index in [1.807, 2.05) is 6.92 Å². The summed E-state index contributed by atoms with van der Waals surface area (Å²) in [5.41, 5.74) is -1.57. The van der Waals surface area contributed by atoms with E-state index in [9.17, 15) is 22.8 Å². The fraction of sp³-hybridized carbons (Fsp3) is 0.167. The SMILES string of the molecule is CCCNC(=O)c1cc2cc(Br)ccc2c(Br)c1NC(=O)c1cc(C(F)(F)F)nn1-c1ncccc1Cl. The van der Waals surface area contributed by atoms with E-state index in [4.69, 9.17) is 11.6 Å². The molecule has 13 heteroatoms. The molecular weight excluding hydrogens is 643 g/mol. The first-order valence-electron chi connectivity index (χ1n) is 10.8. The first-order valence-corrected chi connectivity index (χ1v) is 12.8. The first-order chi connectivity index (χ1) is 17.5. The third-order valence-electron chi connectivity index (χ3n) is 5.23. The predicted octanol–water partition coefficient (Wildman–Crippen LogP) is 7.01. The molecule has 0 aliphatic rings. The van der Waals surface area contributed by atoms with E-state index in [0.29, 0.717) is 34.3 Å². The number of nitrogens with zero attached hydrogens (tertiary/aromatic N) is 3. The maximum absolute atomic E-state index is 13.5. The minimum absolute atomic E-state index is 0.00882. The molecule has 4 aromatic rings. The molecule has 0 fully saturated rings. The normalized spacial score (nSPS) is 11.5. The lowest BCUT2D eigenvalue weighted by Gasteiger charge is -2.16. The van der Waals surface area contributed by atoms with Gasteiger partial charge in [-0.25, -0.2) is 9.67 Å². The topological polar surface area (TPSA) is 88.9 Å². The molecule has 0 bridgehead atoms. The van der Waals surface area contributed by atoms with Crippen molar-refractivity contribution >= 4 is 71.7 Å². The molecule has 0 atom stereocenters. The van der Waals surface area contributed by atoms with Crippen molar-refractivity contribution in [2.75, 3.05) is 11.9 Å². The largest absolute Gasteiger partial charge is 0.435 e. The number of carbonyl (C=O) groups excluding carboxylic acids is 2. The second-order valence-electron chi connectivity index (χ2n) is 7.82. The van der Waals surface area contributed by atoms with Crippen LogP contribution in [0.5, 0.6) is 0 Å². The number of aromatic nitrogens is 3. The summed E-state index contributed by atoms with van der Waals surface area (Å²) in [5.74, 6) is -1.57. The van der Waals surface area contributed by atoms with E-state index in [1.54, 1.807) is 24.3 Å². The maximum Gasteiger partial charge on any atom is 0.435 e. The molecule has 2 amide bonds. The van der Waals surface area contributed by atoms with Gasteiger partial charge < -0.3 is 10.6 Å². The van der Waals surface area contributed by atoms with Crippen LogP contribution in [0.3, 0.4) is 0 Å². The van der Waals surface area contributed by atoms with E-state index in [0.717, 1.165) is 9.15 Å². The van der Waals surface area contributed by atoms with Gasteiger partial charge in [0.15, 0.2) is 11.5 Å². The molecule has 2 aromatic carbocycles. The zero-order chi connectivity index (χ0) is 26.9. The van der Waals surface area contributed by atoms with Crippen LogP contribution in [0.4, 0.5) is 18.9 Å². The molecule has 0 radical (unpaired) electrons. The lowest BCUT2D eigenvalue weighted by molar-refractivity contribution is -0.141. The van der Waals surface area contributed by atoms with Crippen LogP contribution >= 0.6 is 43.5 Å². The van der Waals surface area contributed by atoms with Crippen LogP contribution in [-0.2, 0) is 6.18 Å². The molecule has 0 saturated heterocycles. The lowest BCUT2D eigenvalue weighted by atomic mass is 10.0. The van der Waals surface area contributed by atoms with Gasteiger partial charge >= 0.3 is 6.18 Å². The highest BCUT2D eigenvalue weighted by Gasteiger charge is 2.37. The maximum atomic E-state index is 13.5. The van der Waals surface area contributed by atoms with Gasteiger partial charge in [-0.1, -0.05) is 40.5 Å². The Labute approximate surface area is 230 Å². The Bertz CT molecular complexity index is 1520. The summed E-state index contributed by atoms with van der Waals surface area (Å²) >= 11 is 13.0. The van der Waals surface area contributed by atoms with Crippen LogP contribution in [0.15, 0.2) is 57.6 Å². The molecule has 0 aliphatic carbocycles. The quantitative estimate of drug-likeness (QED) is 0.233. The van der Waals surface area contributed by atoms with Crippen molar-refractivity contribution in [3.8, 4) is 5.82 Å². The van der Waals surface area contributed by atoms with Gasteiger partial charge in [-0.3, -0.25) is 9.59 Å². The third-order valence-corrected chi connectivity index (χ3v) is 6.84. The Hall–Kier alpha value is -2.96. The number of pyridine rings is 1. The van der Waals surface area contributed by atoms with Crippen LogP contribution in [0, 0.1) is 0 Å². The van der Waals surface area contributed by atoms with Crippen LogP contribution in [-0.4, -0.2) is 33.1 Å². The summed E-state index contributed by atoms with van der Waals surface area (Å²) in [4.78, 5) is 30.4. The molecule has 4 rings (SSSR count). The highest BCUT2D eigenvalue weighted by Crippen LogP contribution is 2.37. The molecule has 37 heavy (non-hydrogen) atoms. The number of amides is 2. The summed E-state index contributed by atoms with van der Waals surface area (Å²) in [6, 6.07) is 10.5. The molecule has 2 aromatic heterocycles. The second kappa shape index (κ2) is 10.8. The van der Waals surface area contributed by atoms with Crippen molar-refractivity contribution in [2.24, 2.45) is 0 Å². The molecule has 0 spiro atoms. The Morgan fingerprint density at radius 3 is 2.54 bits per heavy atom. The number of halogens is 6. The Kier molecular flexibility index (Phi) is 7.91. The average Bonchev–Trinajstić information content (AvgIpc) is 3.30. The van der Waals surface area contributed by atoms with Crippen molar-refractivity contribution in [1.29, 1.82) is 0 Å². The van der Waals surface area contributed by atoms with Gasteiger partial charge in [0, 0.05) is 27.8 Å². The molecular formula is C24H17Br2ClF3N5O2. The zero-order valence-electron chi connectivity index (χ0n) is 19.0. The van der Waals surface area contributed by atoms with Crippen molar-refractivity contribution in [3.63, 3.8) is 0 Å². The fourth-order valence-electron chi connectivity index (χ4n) is 3.52. The number of carbonyl (C=O) groups is 2. The van der Waals surface area contributed by atoms with E-state index in [-0.39, 0.29) is 22.1 Å². The summed E-state index contributed by atoms with van der Waals surface area (Å²) < 4.78 is 42.4. The molecule has 0 aliphatic heterocycles. The molecule has 2 N–H and O–H groups in total. The number of benzene rings is 2. The number of fused-ring (bicyclic) bond motifs is 1. The van der Waals surface area contributed by atoms with Crippen LogP contribution in [0.25, 0.3) is 16.6 Å². The molecule has 192 valence electrons. The van der Waals surface area contributed by atoms with Gasteiger partial charge in [0.2, 0.25) is 0 Å². The highest BCUT2D eigenvalue weighted by molar-refractivity contribution is 9.11. The Balaban J connectivity index is 1.86.